The number of benzene rings is 2. The first-order valence-electron chi connectivity index (χ1n) is 10.1. The van der Waals surface area contributed by atoms with Crippen LogP contribution in [0.4, 0.5) is 10.1 Å². The smallest absolute Gasteiger partial charge is 0.303 e. The van der Waals surface area contributed by atoms with Crippen molar-refractivity contribution < 1.29 is 19.0 Å². The summed E-state index contributed by atoms with van der Waals surface area (Å²) in [6.07, 6.45) is 5.02. The van der Waals surface area contributed by atoms with Gasteiger partial charge in [-0.25, -0.2) is 4.39 Å². The molecule has 4 rings (SSSR count). The van der Waals surface area contributed by atoms with Crippen LogP contribution in [0.5, 0.6) is 5.75 Å². The van der Waals surface area contributed by atoms with Gasteiger partial charge < -0.3 is 14.7 Å². The van der Waals surface area contributed by atoms with Gasteiger partial charge in [-0.1, -0.05) is 24.3 Å². The van der Waals surface area contributed by atoms with Gasteiger partial charge in [0.15, 0.2) is 0 Å². The van der Waals surface area contributed by atoms with Gasteiger partial charge in [0.25, 0.3) is 0 Å². The number of para-hydroxylation sites is 1. The van der Waals surface area contributed by atoms with Crippen molar-refractivity contribution in [2.45, 2.75) is 45.1 Å². The third kappa shape index (κ3) is 4.46. The third-order valence-electron chi connectivity index (χ3n) is 5.57. The zero-order valence-corrected chi connectivity index (χ0v) is 16.0. The van der Waals surface area contributed by atoms with Crippen molar-refractivity contribution in [3.05, 3.63) is 58.9 Å². The Morgan fingerprint density at radius 2 is 2.11 bits per heavy atom. The highest BCUT2D eigenvalue weighted by Crippen LogP contribution is 2.40. The molecule has 1 saturated carbocycles. The third-order valence-corrected chi connectivity index (χ3v) is 5.57. The second kappa shape index (κ2) is 8.21. The summed E-state index contributed by atoms with van der Waals surface area (Å²) in [6.45, 7) is 2.46. The number of aliphatic carboxylic acids is 1. The predicted octanol–water partition coefficient (Wildman–Crippen LogP) is 4.58. The predicted molar refractivity (Wildman–Crippen MR) is 106 cm³/mol. The Morgan fingerprint density at radius 1 is 1.25 bits per heavy atom. The maximum absolute atomic E-state index is 14.3. The highest BCUT2D eigenvalue weighted by Gasteiger charge is 2.28. The fraction of sp³-hybridized carbons (Fsp3) is 0.435. The molecule has 0 atom stereocenters. The number of hydrogen-bond donors (Lipinski definition) is 1. The van der Waals surface area contributed by atoms with Crippen LogP contribution in [0.2, 0.25) is 0 Å². The Morgan fingerprint density at radius 3 is 2.86 bits per heavy atom. The summed E-state index contributed by atoms with van der Waals surface area (Å²) in [5, 5.41) is 8.76. The standard InChI is InChI=1S/C23H26FNO3/c24-20-13-17(8-9-18(20)10-11-22(26)27)15-28-21-5-1-3-19-4-2-12-25(23(19)21)14-16-6-7-16/h1,3,5,8-9,13,16H,2,4,6-7,10-12,14-15H2,(H,26,27). The monoisotopic (exact) mass is 383 g/mol. The number of carboxylic acid groups (broad SMARTS) is 1. The molecule has 1 aliphatic heterocycles. The average Bonchev–Trinajstić information content (AvgIpc) is 3.49. The van der Waals surface area contributed by atoms with E-state index >= 15 is 0 Å². The maximum Gasteiger partial charge on any atom is 0.303 e. The molecule has 0 spiro atoms. The summed E-state index contributed by atoms with van der Waals surface area (Å²) in [7, 11) is 0. The molecule has 28 heavy (non-hydrogen) atoms. The Hall–Kier alpha value is -2.56. The Balaban J connectivity index is 1.46. The van der Waals surface area contributed by atoms with E-state index in [2.05, 4.69) is 11.0 Å². The Kier molecular flexibility index (Phi) is 5.51. The molecule has 148 valence electrons. The molecule has 1 fully saturated rings. The second-order valence-electron chi connectivity index (χ2n) is 7.86. The molecule has 5 heteroatoms. The van der Waals surface area contributed by atoms with E-state index in [1.54, 1.807) is 6.07 Å². The molecule has 0 bridgehead atoms. The highest BCUT2D eigenvalue weighted by molar-refractivity contribution is 5.67. The molecule has 4 nitrogen and oxygen atoms in total. The summed E-state index contributed by atoms with van der Waals surface area (Å²) in [5.74, 6) is 0.392. The minimum absolute atomic E-state index is 0.0697. The largest absolute Gasteiger partial charge is 0.487 e. The number of fused-ring (bicyclic) bond motifs is 1. The van der Waals surface area contributed by atoms with Crippen molar-refractivity contribution >= 4 is 11.7 Å². The Labute approximate surface area is 164 Å². The summed E-state index contributed by atoms with van der Waals surface area (Å²) < 4.78 is 20.4. The van der Waals surface area contributed by atoms with Crippen LogP contribution in [0.1, 0.15) is 42.4 Å². The van der Waals surface area contributed by atoms with E-state index in [9.17, 15) is 9.18 Å². The zero-order valence-electron chi connectivity index (χ0n) is 16.0. The Bertz CT molecular complexity index is 863. The topological polar surface area (TPSA) is 49.8 Å². The van der Waals surface area contributed by atoms with Crippen LogP contribution in [0.3, 0.4) is 0 Å². The van der Waals surface area contributed by atoms with Crippen molar-refractivity contribution in [2.75, 3.05) is 18.0 Å². The number of aryl methyl sites for hydroxylation is 2. The lowest BCUT2D eigenvalue weighted by atomic mass is 10.0. The molecule has 2 aliphatic rings. The van der Waals surface area contributed by atoms with E-state index in [-0.39, 0.29) is 18.7 Å². The SMILES string of the molecule is O=C(O)CCc1ccc(COc2cccc3c2N(CC2CC2)CCC3)cc1F. The number of carbonyl (C=O) groups is 1. The molecule has 0 aromatic heterocycles. The molecule has 0 amide bonds. The van der Waals surface area contributed by atoms with Crippen LogP contribution in [-0.4, -0.2) is 24.2 Å². The van der Waals surface area contributed by atoms with Crippen LogP contribution in [0.25, 0.3) is 0 Å². The zero-order chi connectivity index (χ0) is 19.5. The number of hydrogen-bond acceptors (Lipinski definition) is 3. The van der Waals surface area contributed by atoms with Crippen LogP contribution in [0, 0.1) is 11.7 Å². The van der Waals surface area contributed by atoms with E-state index in [1.165, 1.54) is 36.6 Å². The van der Waals surface area contributed by atoms with E-state index in [0.717, 1.165) is 36.7 Å². The number of ether oxygens (including phenoxy) is 1. The summed E-state index contributed by atoms with van der Waals surface area (Å²) in [5.41, 5.74) is 3.72. The second-order valence-corrected chi connectivity index (χ2v) is 7.86. The first-order valence-corrected chi connectivity index (χ1v) is 10.1. The van der Waals surface area contributed by atoms with Crippen molar-refractivity contribution in [1.29, 1.82) is 0 Å². The van der Waals surface area contributed by atoms with E-state index in [0.29, 0.717) is 12.2 Å². The molecule has 1 aliphatic carbocycles. The minimum Gasteiger partial charge on any atom is -0.487 e. The van der Waals surface area contributed by atoms with Gasteiger partial charge >= 0.3 is 5.97 Å². The van der Waals surface area contributed by atoms with E-state index in [4.69, 9.17) is 9.84 Å². The normalized spacial score (nSPS) is 16.0. The molecule has 1 N–H and O–H groups in total. The minimum atomic E-state index is -0.920. The molecule has 0 unspecified atom stereocenters. The van der Waals surface area contributed by atoms with Crippen molar-refractivity contribution in [3.63, 3.8) is 0 Å². The fourth-order valence-corrected chi connectivity index (χ4v) is 3.90. The maximum atomic E-state index is 14.3. The summed E-state index contributed by atoms with van der Waals surface area (Å²) in [6, 6.07) is 11.1. The lowest BCUT2D eigenvalue weighted by Gasteiger charge is -2.33. The molecule has 0 saturated heterocycles. The van der Waals surface area contributed by atoms with Gasteiger partial charge in [-0.2, -0.15) is 0 Å². The van der Waals surface area contributed by atoms with Crippen molar-refractivity contribution in [1.82, 2.24) is 0 Å². The van der Waals surface area contributed by atoms with Gasteiger partial charge in [0.2, 0.25) is 0 Å². The first kappa shape index (κ1) is 18.8. The lowest BCUT2D eigenvalue weighted by molar-refractivity contribution is -0.136. The van der Waals surface area contributed by atoms with Crippen LogP contribution in [0.15, 0.2) is 36.4 Å². The molecule has 2 aromatic carbocycles. The molecule has 1 heterocycles. The quantitative estimate of drug-likeness (QED) is 0.725. The summed E-state index contributed by atoms with van der Waals surface area (Å²) in [4.78, 5) is 13.1. The molecular formula is C23H26FNO3. The molecular weight excluding hydrogens is 357 g/mol. The first-order chi connectivity index (χ1) is 13.6. The lowest BCUT2D eigenvalue weighted by Crippen LogP contribution is -2.31. The van der Waals surface area contributed by atoms with E-state index < -0.39 is 5.97 Å². The van der Waals surface area contributed by atoms with Crippen LogP contribution >= 0.6 is 0 Å². The fourth-order valence-electron chi connectivity index (χ4n) is 3.90. The van der Waals surface area contributed by atoms with Gasteiger partial charge in [-0.15, -0.1) is 0 Å². The van der Waals surface area contributed by atoms with Gasteiger partial charge in [0.05, 0.1) is 5.69 Å². The molecule has 2 aromatic rings. The number of nitrogens with zero attached hydrogens (tertiary/aromatic N) is 1. The van der Waals surface area contributed by atoms with Gasteiger partial charge in [0, 0.05) is 19.5 Å². The van der Waals surface area contributed by atoms with Gasteiger partial charge in [-0.3, -0.25) is 4.79 Å². The number of halogens is 1. The van der Waals surface area contributed by atoms with E-state index in [1.807, 2.05) is 18.2 Å². The van der Waals surface area contributed by atoms with Crippen molar-refractivity contribution in [3.8, 4) is 5.75 Å². The van der Waals surface area contributed by atoms with Crippen LogP contribution in [-0.2, 0) is 24.2 Å². The number of rotatable bonds is 8. The van der Waals surface area contributed by atoms with Crippen molar-refractivity contribution in [2.24, 2.45) is 5.92 Å². The molecule has 0 radical (unpaired) electrons. The average molecular weight is 383 g/mol. The van der Waals surface area contributed by atoms with Gasteiger partial charge in [0.1, 0.15) is 18.2 Å². The summed E-state index contributed by atoms with van der Waals surface area (Å²) >= 11 is 0. The number of carboxylic acids is 1. The van der Waals surface area contributed by atoms with Gasteiger partial charge in [-0.05, 0) is 66.8 Å². The number of anilines is 1. The van der Waals surface area contributed by atoms with Crippen LogP contribution < -0.4 is 9.64 Å². The highest BCUT2D eigenvalue weighted by atomic mass is 19.1.